The third-order valence-corrected chi connectivity index (χ3v) is 6.70. The molecule has 0 bridgehead atoms. The minimum absolute atomic E-state index is 0.0756. The van der Waals surface area contributed by atoms with Crippen LogP contribution in [-0.4, -0.2) is 51.2 Å². The molecule has 0 aliphatic carbocycles. The molecule has 1 N–H and O–H groups in total. The van der Waals surface area contributed by atoms with Crippen LogP contribution in [0, 0.1) is 23.0 Å². The fraction of sp³-hybridized carbons (Fsp3) is 0.290. The first-order valence-corrected chi connectivity index (χ1v) is 13.1. The Morgan fingerprint density at radius 1 is 0.949 bits per heavy atom. The maximum atomic E-state index is 13.7. The van der Waals surface area contributed by atoms with Gasteiger partial charge in [0.2, 0.25) is 5.91 Å². The molecule has 1 aromatic heterocycles. The summed E-state index contributed by atoms with van der Waals surface area (Å²) in [6.07, 6.45) is 2.66. The summed E-state index contributed by atoms with van der Waals surface area (Å²) in [7, 11) is 0. The van der Waals surface area contributed by atoms with E-state index in [1.54, 1.807) is 4.90 Å². The second-order valence-electron chi connectivity index (χ2n) is 10.3. The third kappa shape index (κ3) is 7.10. The molecular weight excluding hydrogens is 492 g/mol. The van der Waals surface area contributed by atoms with Crippen LogP contribution in [0.4, 0.5) is 5.69 Å². The summed E-state index contributed by atoms with van der Waals surface area (Å²) in [4.78, 5) is 44.3. The molecule has 4 rings (SSSR count). The van der Waals surface area contributed by atoms with Crippen LogP contribution in [0.25, 0.3) is 10.9 Å². The molecule has 4 aromatic rings. The number of nitrogens with one attached hydrogen (secondary N) is 1. The van der Waals surface area contributed by atoms with Crippen molar-refractivity contribution >= 4 is 28.4 Å². The van der Waals surface area contributed by atoms with Crippen LogP contribution in [0.5, 0.6) is 0 Å². The van der Waals surface area contributed by atoms with E-state index in [0.29, 0.717) is 31.6 Å². The Balaban J connectivity index is 1.55. The molecule has 8 heteroatoms. The minimum Gasteiger partial charge on any atom is -0.361 e. The summed E-state index contributed by atoms with van der Waals surface area (Å²) in [5.41, 5.74) is 4.59. The van der Waals surface area contributed by atoms with Gasteiger partial charge in [-0.1, -0.05) is 61.9 Å². The Morgan fingerprint density at radius 2 is 1.64 bits per heavy atom. The number of para-hydroxylation sites is 1. The molecule has 2 amide bonds. The number of nitrogens with zero attached hydrogens (tertiary/aromatic N) is 3. The van der Waals surface area contributed by atoms with Crippen LogP contribution in [0.15, 0.2) is 79.0 Å². The Hall–Kier alpha value is -4.46. The standard InChI is InChI=1S/C31H34N4O4/c1-22(2)19-34(31(37)25-12-14-27(15-13-25)35(38)39)21-30(36)33(20-24-10-8-23(3)9-11-24)17-16-26-18-32-29-7-5-4-6-28(26)29/h4-15,18,22,32H,16-17,19-21H2,1-3H3. The van der Waals surface area contributed by atoms with E-state index < -0.39 is 4.92 Å². The predicted molar refractivity (Wildman–Crippen MR) is 152 cm³/mol. The SMILES string of the molecule is Cc1ccc(CN(CCc2c[nH]c3ccccc23)C(=O)CN(CC(C)C)C(=O)c2ccc([N+](=O)[O-])cc2)cc1. The van der Waals surface area contributed by atoms with E-state index in [0.717, 1.165) is 27.6 Å². The van der Waals surface area contributed by atoms with Gasteiger partial charge in [-0.3, -0.25) is 19.7 Å². The number of carbonyl (C=O) groups excluding carboxylic acids is 2. The van der Waals surface area contributed by atoms with Gasteiger partial charge in [-0.25, -0.2) is 0 Å². The van der Waals surface area contributed by atoms with Crippen LogP contribution in [0.1, 0.15) is 40.9 Å². The highest BCUT2D eigenvalue weighted by Crippen LogP contribution is 2.20. The smallest absolute Gasteiger partial charge is 0.269 e. The Labute approximate surface area is 228 Å². The summed E-state index contributed by atoms with van der Waals surface area (Å²) in [6.45, 7) is 7.25. The van der Waals surface area contributed by atoms with E-state index in [2.05, 4.69) is 11.1 Å². The van der Waals surface area contributed by atoms with Gasteiger partial charge in [-0.15, -0.1) is 0 Å². The molecule has 0 radical (unpaired) electrons. The van der Waals surface area contributed by atoms with Gasteiger partial charge in [0, 0.05) is 54.4 Å². The maximum Gasteiger partial charge on any atom is 0.269 e. The van der Waals surface area contributed by atoms with E-state index in [4.69, 9.17) is 0 Å². The normalized spacial score (nSPS) is 11.1. The van der Waals surface area contributed by atoms with Crippen LogP contribution < -0.4 is 0 Å². The van der Waals surface area contributed by atoms with Crippen molar-refractivity contribution in [3.8, 4) is 0 Å². The molecule has 0 spiro atoms. The van der Waals surface area contributed by atoms with Gasteiger partial charge in [0.1, 0.15) is 6.54 Å². The van der Waals surface area contributed by atoms with Gasteiger partial charge in [0.05, 0.1) is 4.92 Å². The van der Waals surface area contributed by atoms with Crippen molar-refractivity contribution in [2.75, 3.05) is 19.6 Å². The van der Waals surface area contributed by atoms with E-state index in [1.807, 2.05) is 74.3 Å². The lowest BCUT2D eigenvalue weighted by Crippen LogP contribution is -2.44. The largest absolute Gasteiger partial charge is 0.361 e. The van der Waals surface area contributed by atoms with E-state index in [9.17, 15) is 19.7 Å². The topological polar surface area (TPSA) is 99.6 Å². The molecule has 0 atom stereocenters. The van der Waals surface area contributed by atoms with Crippen molar-refractivity contribution in [1.29, 1.82) is 0 Å². The van der Waals surface area contributed by atoms with Crippen molar-refractivity contribution in [3.63, 3.8) is 0 Å². The highest BCUT2D eigenvalue weighted by molar-refractivity contribution is 5.96. The number of nitro benzene ring substituents is 1. The average Bonchev–Trinajstić information content (AvgIpc) is 3.34. The summed E-state index contributed by atoms with van der Waals surface area (Å²) < 4.78 is 0. The summed E-state index contributed by atoms with van der Waals surface area (Å²) in [6, 6.07) is 21.7. The number of nitro groups is 1. The number of amides is 2. The van der Waals surface area contributed by atoms with Gasteiger partial charge < -0.3 is 14.8 Å². The number of aromatic amines is 1. The summed E-state index contributed by atoms with van der Waals surface area (Å²) in [5.74, 6) is -0.332. The number of hydrogen-bond donors (Lipinski definition) is 1. The Kier molecular flexibility index (Phi) is 8.76. The first kappa shape index (κ1) is 27.6. The Morgan fingerprint density at radius 3 is 2.31 bits per heavy atom. The number of hydrogen-bond acceptors (Lipinski definition) is 4. The molecule has 8 nitrogen and oxygen atoms in total. The zero-order valence-electron chi connectivity index (χ0n) is 22.6. The Bertz CT molecular complexity index is 1440. The molecule has 0 saturated carbocycles. The molecule has 202 valence electrons. The number of aromatic nitrogens is 1. The molecule has 3 aromatic carbocycles. The number of non-ortho nitro benzene ring substituents is 1. The highest BCUT2D eigenvalue weighted by atomic mass is 16.6. The summed E-state index contributed by atoms with van der Waals surface area (Å²) >= 11 is 0. The number of benzene rings is 3. The summed E-state index contributed by atoms with van der Waals surface area (Å²) in [5, 5.41) is 12.2. The van der Waals surface area contributed by atoms with E-state index >= 15 is 0 Å². The van der Waals surface area contributed by atoms with Gasteiger partial charge in [0.25, 0.3) is 11.6 Å². The third-order valence-electron chi connectivity index (χ3n) is 6.70. The van der Waals surface area contributed by atoms with Crippen molar-refractivity contribution < 1.29 is 14.5 Å². The van der Waals surface area contributed by atoms with Crippen molar-refractivity contribution in [1.82, 2.24) is 14.8 Å². The lowest BCUT2D eigenvalue weighted by molar-refractivity contribution is -0.384. The quantitative estimate of drug-likeness (QED) is 0.199. The molecule has 39 heavy (non-hydrogen) atoms. The van der Waals surface area contributed by atoms with Crippen LogP contribution in [0.2, 0.25) is 0 Å². The second-order valence-corrected chi connectivity index (χ2v) is 10.3. The van der Waals surface area contributed by atoms with Crippen molar-refractivity contribution in [3.05, 3.63) is 111 Å². The lowest BCUT2D eigenvalue weighted by Gasteiger charge is -2.29. The molecular formula is C31H34N4O4. The zero-order chi connectivity index (χ0) is 27.9. The highest BCUT2D eigenvalue weighted by Gasteiger charge is 2.24. The predicted octanol–water partition coefficient (Wildman–Crippen LogP) is 5.75. The average molecular weight is 527 g/mol. The molecule has 0 saturated heterocycles. The van der Waals surface area contributed by atoms with Gasteiger partial charge >= 0.3 is 0 Å². The molecule has 0 aliphatic rings. The number of H-pyrrole nitrogens is 1. The number of carbonyl (C=O) groups is 2. The molecule has 0 aliphatic heterocycles. The maximum absolute atomic E-state index is 13.7. The monoisotopic (exact) mass is 526 g/mol. The van der Waals surface area contributed by atoms with Gasteiger partial charge in [-0.2, -0.15) is 0 Å². The van der Waals surface area contributed by atoms with Crippen LogP contribution in [0.3, 0.4) is 0 Å². The van der Waals surface area contributed by atoms with Crippen molar-refractivity contribution in [2.24, 2.45) is 5.92 Å². The molecule has 0 fully saturated rings. The van der Waals surface area contributed by atoms with Crippen molar-refractivity contribution in [2.45, 2.75) is 33.7 Å². The fourth-order valence-corrected chi connectivity index (χ4v) is 4.63. The van der Waals surface area contributed by atoms with Gasteiger partial charge in [0.15, 0.2) is 0 Å². The lowest BCUT2D eigenvalue weighted by atomic mass is 10.1. The van der Waals surface area contributed by atoms with Crippen LogP contribution >= 0.6 is 0 Å². The van der Waals surface area contributed by atoms with Gasteiger partial charge in [-0.05, 0) is 48.6 Å². The molecule has 0 unspecified atom stereocenters. The first-order chi connectivity index (χ1) is 18.7. The fourth-order valence-electron chi connectivity index (χ4n) is 4.63. The second kappa shape index (κ2) is 12.4. The molecule has 1 heterocycles. The van der Waals surface area contributed by atoms with E-state index in [1.165, 1.54) is 24.3 Å². The van der Waals surface area contributed by atoms with Crippen LogP contribution in [-0.2, 0) is 17.8 Å². The zero-order valence-corrected chi connectivity index (χ0v) is 22.6. The first-order valence-electron chi connectivity index (χ1n) is 13.1. The number of aryl methyl sites for hydroxylation is 1. The minimum atomic E-state index is -0.500. The van der Waals surface area contributed by atoms with E-state index in [-0.39, 0.29) is 30.0 Å². The number of rotatable bonds is 11. The number of fused-ring (bicyclic) bond motifs is 1.